The number of halogens is 3. The van der Waals surface area contributed by atoms with Gasteiger partial charge in [-0.15, -0.1) is 0 Å². The lowest BCUT2D eigenvalue weighted by atomic mass is 10.1. The van der Waals surface area contributed by atoms with E-state index in [1.807, 2.05) is 0 Å². The Hall–Kier alpha value is -2.59. The highest BCUT2D eigenvalue weighted by molar-refractivity contribution is 5.93. The molecule has 2 N–H and O–H groups in total. The number of hydrogen-bond acceptors (Lipinski definition) is 5. The van der Waals surface area contributed by atoms with Gasteiger partial charge < -0.3 is 15.4 Å². The van der Waals surface area contributed by atoms with Crippen molar-refractivity contribution in [1.82, 2.24) is 20.4 Å². The van der Waals surface area contributed by atoms with E-state index in [0.29, 0.717) is 30.9 Å². The van der Waals surface area contributed by atoms with E-state index in [9.17, 15) is 22.8 Å². The molecule has 1 aromatic rings. The van der Waals surface area contributed by atoms with E-state index in [-0.39, 0.29) is 19.2 Å². The summed E-state index contributed by atoms with van der Waals surface area (Å²) in [5.74, 6) is -0.441. The van der Waals surface area contributed by atoms with Crippen molar-refractivity contribution in [2.45, 2.75) is 26.1 Å². The van der Waals surface area contributed by atoms with Crippen LogP contribution < -0.4 is 10.6 Å². The average molecular weight is 440 g/mol. The van der Waals surface area contributed by atoms with Crippen LogP contribution in [0, 0.1) is 0 Å². The van der Waals surface area contributed by atoms with Gasteiger partial charge in [0.15, 0.2) is 0 Å². The number of urea groups is 1. The summed E-state index contributed by atoms with van der Waals surface area (Å²) in [5, 5.41) is 5.32. The number of ether oxygens (including phenoxy) is 1. The number of benzene rings is 1. The predicted molar refractivity (Wildman–Crippen MR) is 108 cm³/mol. The Labute approximate surface area is 179 Å². The molecule has 0 spiro atoms. The molecule has 0 aromatic heterocycles. The molecule has 0 atom stereocenters. The first-order valence-electron chi connectivity index (χ1n) is 10.3. The smallest absolute Gasteiger partial charge is 0.416 e. The Bertz CT molecular complexity index is 824. The minimum Gasteiger partial charge on any atom is -0.463 e. The molecule has 0 aliphatic carbocycles. The molecule has 3 rings (SSSR count). The Morgan fingerprint density at radius 2 is 1.71 bits per heavy atom. The lowest BCUT2D eigenvalue weighted by Gasteiger charge is -2.27. The number of hydrogen-bond donors (Lipinski definition) is 2. The largest absolute Gasteiger partial charge is 0.463 e. The van der Waals surface area contributed by atoms with Gasteiger partial charge in [0.25, 0.3) is 0 Å². The van der Waals surface area contributed by atoms with Gasteiger partial charge in [0, 0.05) is 31.9 Å². The van der Waals surface area contributed by atoms with Gasteiger partial charge in [0.1, 0.15) is 0 Å². The number of carbonyl (C=O) groups is 2. The zero-order valence-electron chi connectivity index (χ0n) is 17.4. The van der Waals surface area contributed by atoms with E-state index in [1.54, 1.807) is 6.92 Å². The molecule has 1 saturated heterocycles. The molecule has 0 bridgehead atoms. The van der Waals surface area contributed by atoms with Crippen LogP contribution in [0.25, 0.3) is 0 Å². The van der Waals surface area contributed by atoms with E-state index >= 15 is 0 Å². The maximum atomic E-state index is 12.7. The summed E-state index contributed by atoms with van der Waals surface area (Å²) >= 11 is 0. The molecule has 170 valence electrons. The SMILES string of the molecule is CCOC(=O)C1=C(CN2CCCN(Cc3ccc(C(F)(F)F)cc3)CC2)NC(=O)NC1. The van der Waals surface area contributed by atoms with Crippen molar-refractivity contribution in [3.05, 3.63) is 46.7 Å². The van der Waals surface area contributed by atoms with Crippen LogP contribution >= 0.6 is 0 Å². The summed E-state index contributed by atoms with van der Waals surface area (Å²) in [4.78, 5) is 28.3. The molecule has 2 aliphatic heterocycles. The van der Waals surface area contributed by atoms with Gasteiger partial charge in [-0.05, 0) is 44.1 Å². The van der Waals surface area contributed by atoms with Crippen LogP contribution in [-0.4, -0.2) is 67.7 Å². The van der Waals surface area contributed by atoms with Crippen molar-refractivity contribution < 1.29 is 27.5 Å². The van der Waals surface area contributed by atoms with E-state index in [4.69, 9.17) is 4.74 Å². The van der Waals surface area contributed by atoms with Crippen LogP contribution in [0.1, 0.15) is 24.5 Å². The average Bonchev–Trinajstić information content (AvgIpc) is 2.93. The fourth-order valence-corrected chi connectivity index (χ4v) is 3.70. The molecule has 0 unspecified atom stereocenters. The number of amides is 2. The molecule has 7 nitrogen and oxygen atoms in total. The first-order valence-corrected chi connectivity index (χ1v) is 10.3. The van der Waals surface area contributed by atoms with Gasteiger partial charge in [-0.2, -0.15) is 13.2 Å². The number of carbonyl (C=O) groups excluding carboxylic acids is 2. The molecule has 2 amide bonds. The number of alkyl halides is 3. The first kappa shape index (κ1) is 23.1. The van der Waals surface area contributed by atoms with Crippen LogP contribution in [0.4, 0.5) is 18.0 Å². The third-order valence-corrected chi connectivity index (χ3v) is 5.33. The summed E-state index contributed by atoms with van der Waals surface area (Å²) in [6, 6.07) is 4.92. The number of nitrogens with zero attached hydrogens (tertiary/aromatic N) is 2. The maximum Gasteiger partial charge on any atom is 0.416 e. The molecule has 1 aromatic carbocycles. The molecule has 1 fully saturated rings. The topological polar surface area (TPSA) is 73.9 Å². The van der Waals surface area contributed by atoms with E-state index in [0.717, 1.165) is 43.8 Å². The molecule has 10 heteroatoms. The summed E-state index contributed by atoms with van der Waals surface area (Å²) < 4.78 is 43.3. The third-order valence-electron chi connectivity index (χ3n) is 5.33. The van der Waals surface area contributed by atoms with Crippen molar-refractivity contribution in [2.75, 3.05) is 45.9 Å². The fourth-order valence-electron chi connectivity index (χ4n) is 3.70. The van der Waals surface area contributed by atoms with Crippen LogP contribution in [0.2, 0.25) is 0 Å². The fraction of sp³-hybridized carbons (Fsp3) is 0.524. The Kier molecular flexibility index (Phi) is 7.55. The van der Waals surface area contributed by atoms with Gasteiger partial charge in [-0.1, -0.05) is 12.1 Å². The summed E-state index contributed by atoms with van der Waals surface area (Å²) in [7, 11) is 0. The molecular formula is C21H27F3N4O3. The van der Waals surface area contributed by atoms with Gasteiger partial charge >= 0.3 is 18.2 Å². The summed E-state index contributed by atoms with van der Waals surface area (Å²) in [5.41, 5.74) is 1.16. The van der Waals surface area contributed by atoms with Crippen molar-refractivity contribution in [3.8, 4) is 0 Å². The number of esters is 1. The lowest BCUT2D eigenvalue weighted by Crippen LogP contribution is -2.47. The second-order valence-corrected chi connectivity index (χ2v) is 7.59. The third kappa shape index (κ3) is 6.44. The van der Waals surface area contributed by atoms with Gasteiger partial charge in [-0.3, -0.25) is 9.80 Å². The van der Waals surface area contributed by atoms with Crippen LogP contribution in [0.5, 0.6) is 0 Å². The summed E-state index contributed by atoms with van der Waals surface area (Å²) in [6.45, 7) is 6.16. The minimum atomic E-state index is -4.33. The second kappa shape index (κ2) is 10.1. The Balaban J connectivity index is 1.59. The molecule has 0 saturated carbocycles. The Morgan fingerprint density at radius 3 is 2.32 bits per heavy atom. The Morgan fingerprint density at radius 1 is 1.06 bits per heavy atom. The zero-order chi connectivity index (χ0) is 22.4. The summed E-state index contributed by atoms with van der Waals surface area (Å²) in [6.07, 6.45) is -3.46. The zero-order valence-corrected chi connectivity index (χ0v) is 17.4. The highest BCUT2D eigenvalue weighted by atomic mass is 19.4. The molecule has 2 aliphatic rings. The predicted octanol–water partition coefficient (Wildman–Crippen LogP) is 2.34. The van der Waals surface area contributed by atoms with Crippen LogP contribution in [0.3, 0.4) is 0 Å². The lowest BCUT2D eigenvalue weighted by molar-refractivity contribution is -0.139. The number of rotatable bonds is 6. The first-order chi connectivity index (χ1) is 14.8. The normalized spacial score (nSPS) is 18.9. The minimum absolute atomic E-state index is 0.133. The second-order valence-electron chi connectivity index (χ2n) is 7.59. The van der Waals surface area contributed by atoms with Crippen molar-refractivity contribution in [2.24, 2.45) is 0 Å². The van der Waals surface area contributed by atoms with Gasteiger partial charge in [-0.25, -0.2) is 9.59 Å². The highest BCUT2D eigenvalue weighted by Crippen LogP contribution is 2.29. The van der Waals surface area contributed by atoms with Crippen molar-refractivity contribution in [3.63, 3.8) is 0 Å². The standard InChI is InChI=1S/C21H27F3N4O3/c1-2-31-19(29)17-12-25-20(30)26-18(17)14-28-9-3-8-27(10-11-28)13-15-4-6-16(7-5-15)21(22,23)24/h4-7H,2-3,8-14H2,1H3,(H2,25,26,30). The molecule has 31 heavy (non-hydrogen) atoms. The highest BCUT2D eigenvalue weighted by Gasteiger charge is 2.30. The maximum absolute atomic E-state index is 12.7. The van der Waals surface area contributed by atoms with E-state index in [2.05, 4.69) is 20.4 Å². The monoisotopic (exact) mass is 440 g/mol. The van der Waals surface area contributed by atoms with Crippen molar-refractivity contribution >= 4 is 12.0 Å². The molecule has 0 radical (unpaired) electrons. The van der Waals surface area contributed by atoms with Crippen LogP contribution in [0.15, 0.2) is 35.5 Å². The van der Waals surface area contributed by atoms with E-state index < -0.39 is 17.7 Å². The van der Waals surface area contributed by atoms with Crippen molar-refractivity contribution in [1.29, 1.82) is 0 Å². The molecular weight excluding hydrogens is 413 g/mol. The molecule has 2 heterocycles. The van der Waals surface area contributed by atoms with Gasteiger partial charge in [0.05, 0.1) is 24.3 Å². The van der Waals surface area contributed by atoms with Gasteiger partial charge in [0.2, 0.25) is 0 Å². The van der Waals surface area contributed by atoms with Crippen LogP contribution in [-0.2, 0) is 22.3 Å². The number of nitrogens with one attached hydrogen (secondary N) is 2. The van der Waals surface area contributed by atoms with E-state index in [1.165, 1.54) is 12.1 Å². The quantitative estimate of drug-likeness (QED) is 0.665.